The van der Waals surface area contributed by atoms with Crippen molar-refractivity contribution in [3.63, 3.8) is 0 Å². The van der Waals surface area contributed by atoms with Crippen LogP contribution in [-0.2, 0) is 16.4 Å². The quantitative estimate of drug-likeness (QED) is 0.819. The summed E-state index contributed by atoms with van der Waals surface area (Å²) in [5, 5.41) is 0.749. The summed E-state index contributed by atoms with van der Waals surface area (Å²) in [5.74, 6) is 0. The minimum atomic E-state index is -3.37. The molecule has 3 rings (SSSR count). The van der Waals surface area contributed by atoms with Crippen LogP contribution in [0.4, 0.5) is 0 Å². The highest BCUT2D eigenvalue weighted by atomic mass is 35.5. The second-order valence-electron chi connectivity index (χ2n) is 5.94. The fourth-order valence-corrected chi connectivity index (χ4v) is 4.44. The Labute approximate surface area is 148 Å². The largest absolute Gasteiger partial charge is 0.300 e. The first-order valence-electron chi connectivity index (χ1n) is 8.08. The van der Waals surface area contributed by atoms with Crippen LogP contribution >= 0.6 is 11.6 Å². The van der Waals surface area contributed by atoms with E-state index in [0.29, 0.717) is 18.0 Å². The molecule has 0 saturated carbocycles. The molecule has 4 nitrogen and oxygen atoms in total. The van der Waals surface area contributed by atoms with Gasteiger partial charge in [-0.15, -0.1) is 0 Å². The van der Waals surface area contributed by atoms with Crippen molar-refractivity contribution in [2.45, 2.75) is 11.3 Å². The van der Waals surface area contributed by atoms with Gasteiger partial charge in [-0.1, -0.05) is 41.9 Å². The number of hydrogen-bond donors (Lipinski definition) is 0. The highest BCUT2D eigenvalue weighted by Gasteiger charge is 2.27. The van der Waals surface area contributed by atoms with E-state index < -0.39 is 10.0 Å². The zero-order valence-electron chi connectivity index (χ0n) is 13.4. The Hall–Kier alpha value is -1.40. The number of piperazine rings is 1. The number of benzene rings is 2. The van der Waals surface area contributed by atoms with Crippen molar-refractivity contribution >= 4 is 21.6 Å². The van der Waals surface area contributed by atoms with Crippen LogP contribution in [0.3, 0.4) is 0 Å². The molecule has 1 fully saturated rings. The minimum absolute atomic E-state index is 0.375. The molecule has 24 heavy (non-hydrogen) atoms. The van der Waals surface area contributed by atoms with Gasteiger partial charge in [0, 0.05) is 37.7 Å². The lowest BCUT2D eigenvalue weighted by atomic mass is 10.1. The molecule has 1 aliphatic rings. The fourth-order valence-electron chi connectivity index (χ4n) is 2.87. The molecule has 2 aromatic carbocycles. The first kappa shape index (κ1) is 17.4. The molecular weight excluding hydrogens is 344 g/mol. The van der Waals surface area contributed by atoms with Crippen molar-refractivity contribution in [3.05, 3.63) is 65.2 Å². The summed E-state index contributed by atoms with van der Waals surface area (Å²) >= 11 is 5.90. The summed E-state index contributed by atoms with van der Waals surface area (Å²) in [5.41, 5.74) is 1.25. The molecule has 1 saturated heterocycles. The van der Waals surface area contributed by atoms with Crippen LogP contribution in [0.1, 0.15) is 5.56 Å². The maximum absolute atomic E-state index is 12.6. The van der Waals surface area contributed by atoms with E-state index in [1.165, 1.54) is 5.56 Å². The Morgan fingerprint density at radius 1 is 0.875 bits per heavy atom. The Kier molecular flexibility index (Phi) is 5.56. The summed E-state index contributed by atoms with van der Waals surface area (Å²) < 4.78 is 26.8. The summed E-state index contributed by atoms with van der Waals surface area (Å²) in [6.07, 6.45) is 0.947. The molecule has 0 atom stereocenters. The van der Waals surface area contributed by atoms with Crippen molar-refractivity contribution < 1.29 is 8.42 Å². The second kappa shape index (κ2) is 7.66. The van der Waals surface area contributed by atoms with E-state index >= 15 is 0 Å². The summed E-state index contributed by atoms with van der Waals surface area (Å²) in [4.78, 5) is 2.69. The Bertz CT molecular complexity index is 755. The number of rotatable bonds is 5. The van der Waals surface area contributed by atoms with Crippen LogP contribution in [0.2, 0.25) is 5.02 Å². The molecule has 1 aliphatic heterocycles. The third kappa shape index (κ3) is 4.16. The zero-order chi connectivity index (χ0) is 17.0. The first-order chi connectivity index (χ1) is 11.6. The van der Waals surface area contributed by atoms with Gasteiger partial charge in [-0.05, 0) is 36.2 Å². The molecule has 0 amide bonds. The van der Waals surface area contributed by atoms with E-state index in [2.05, 4.69) is 4.90 Å². The minimum Gasteiger partial charge on any atom is -0.300 e. The lowest BCUT2D eigenvalue weighted by Crippen LogP contribution is -2.48. The maximum atomic E-state index is 12.6. The Morgan fingerprint density at radius 2 is 1.50 bits per heavy atom. The number of hydrogen-bond acceptors (Lipinski definition) is 3. The lowest BCUT2D eigenvalue weighted by molar-refractivity contribution is 0.190. The molecule has 0 bridgehead atoms. The summed E-state index contributed by atoms with van der Waals surface area (Å²) in [7, 11) is -3.37. The van der Waals surface area contributed by atoms with Crippen LogP contribution in [0.15, 0.2) is 59.5 Å². The van der Waals surface area contributed by atoms with Gasteiger partial charge in [-0.25, -0.2) is 8.42 Å². The first-order valence-corrected chi connectivity index (χ1v) is 9.89. The number of halogens is 1. The predicted molar refractivity (Wildman–Crippen MR) is 96.8 cm³/mol. The van der Waals surface area contributed by atoms with Gasteiger partial charge in [0.25, 0.3) is 0 Å². The van der Waals surface area contributed by atoms with E-state index in [0.717, 1.165) is 31.1 Å². The molecule has 128 valence electrons. The molecular formula is C18H21ClN2O2S. The van der Waals surface area contributed by atoms with Gasteiger partial charge in [0.1, 0.15) is 0 Å². The smallest absolute Gasteiger partial charge is 0.243 e. The zero-order valence-corrected chi connectivity index (χ0v) is 15.0. The Balaban J connectivity index is 1.53. The monoisotopic (exact) mass is 364 g/mol. The highest BCUT2D eigenvalue weighted by molar-refractivity contribution is 7.89. The van der Waals surface area contributed by atoms with Crippen LogP contribution in [0.25, 0.3) is 0 Å². The van der Waals surface area contributed by atoms with Gasteiger partial charge in [-0.2, -0.15) is 4.31 Å². The van der Waals surface area contributed by atoms with Crippen molar-refractivity contribution in [1.29, 1.82) is 0 Å². The molecule has 1 heterocycles. The van der Waals surface area contributed by atoms with Crippen molar-refractivity contribution in [3.8, 4) is 0 Å². The summed E-state index contributed by atoms with van der Waals surface area (Å²) in [6, 6.07) is 16.5. The van der Waals surface area contributed by atoms with Gasteiger partial charge < -0.3 is 4.90 Å². The van der Waals surface area contributed by atoms with E-state index in [1.54, 1.807) is 28.6 Å². The van der Waals surface area contributed by atoms with E-state index in [-0.39, 0.29) is 0 Å². The molecule has 0 N–H and O–H groups in total. The topological polar surface area (TPSA) is 40.6 Å². The molecule has 0 radical (unpaired) electrons. The normalized spacial score (nSPS) is 17.0. The van der Waals surface area contributed by atoms with Crippen LogP contribution in [-0.4, -0.2) is 50.3 Å². The molecule has 0 spiro atoms. The fraction of sp³-hybridized carbons (Fsp3) is 0.333. The molecule has 0 aromatic heterocycles. The standard InChI is InChI=1S/C18H21ClN2O2S/c19-17-8-6-16(7-9-17)10-11-20-12-14-21(15-13-20)24(22,23)18-4-2-1-3-5-18/h1-9H,10-15H2. The molecule has 6 heteroatoms. The van der Waals surface area contributed by atoms with Crippen molar-refractivity contribution in [2.24, 2.45) is 0 Å². The van der Waals surface area contributed by atoms with E-state index in [4.69, 9.17) is 11.6 Å². The van der Waals surface area contributed by atoms with Crippen LogP contribution in [0, 0.1) is 0 Å². The van der Waals surface area contributed by atoms with Gasteiger partial charge in [-0.3, -0.25) is 0 Å². The average molecular weight is 365 g/mol. The van der Waals surface area contributed by atoms with Gasteiger partial charge in [0.05, 0.1) is 4.90 Å². The second-order valence-corrected chi connectivity index (χ2v) is 8.31. The average Bonchev–Trinajstić information content (AvgIpc) is 2.62. The van der Waals surface area contributed by atoms with Crippen molar-refractivity contribution in [2.75, 3.05) is 32.7 Å². The maximum Gasteiger partial charge on any atom is 0.243 e. The molecule has 2 aromatic rings. The van der Waals surface area contributed by atoms with Gasteiger partial charge in [0.2, 0.25) is 10.0 Å². The summed E-state index contributed by atoms with van der Waals surface area (Å²) in [6.45, 7) is 3.54. The van der Waals surface area contributed by atoms with Crippen LogP contribution in [0.5, 0.6) is 0 Å². The number of sulfonamides is 1. The SMILES string of the molecule is O=S(=O)(c1ccccc1)N1CCN(CCc2ccc(Cl)cc2)CC1. The predicted octanol–water partition coefficient (Wildman–Crippen LogP) is 2.89. The molecule has 0 aliphatic carbocycles. The van der Waals surface area contributed by atoms with Crippen LogP contribution < -0.4 is 0 Å². The van der Waals surface area contributed by atoms with E-state index in [1.807, 2.05) is 30.3 Å². The number of nitrogens with zero attached hydrogens (tertiary/aromatic N) is 2. The van der Waals surface area contributed by atoms with Gasteiger partial charge in [0.15, 0.2) is 0 Å². The van der Waals surface area contributed by atoms with Gasteiger partial charge >= 0.3 is 0 Å². The van der Waals surface area contributed by atoms with E-state index in [9.17, 15) is 8.42 Å². The Morgan fingerprint density at radius 3 is 2.12 bits per heavy atom. The lowest BCUT2D eigenvalue weighted by Gasteiger charge is -2.34. The third-order valence-corrected chi connectivity index (χ3v) is 6.51. The van der Waals surface area contributed by atoms with Crippen molar-refractivity contribution in [1.82, 2.24) is 9.21 Å². The third-order valence-electron chi connectivity index (χ3n) is 4.34. The molecule has 0 unspecified atom stereocenters. The highest BCUT2D eigenvalue weighted by Crippen LogP contribution is 2.17.